The number of anilines is 1. The molecule has 0 spiro atoms. The van der Waals surface area contributed by atoms with Gasteiger partial charge in [0.15, 0.2) is 0 Å². The highest BCUT2D eigenvalue weighted by atomic mass is 35.5. The van der Waals surface area contributed by atoms with Crippen LogP contribution in [0.15, 0.2) is 18.2 Å². The van der Waals surface area contributed by atoms with Gasteiger partial charge in [0.25, 0.3) is 0 Å². The molecule has 0 aromatic heterocycles. The first-order valence-electron chi connectivity index (χ1n) is 8.84. The summed E-state index contributed by atoms with van der Waals surface area (Å²) in [6.07, 6.45) is 0.989. The molecule has 1 aliphatic rings. The van der Waals surface area contributed by atoms with E-state index >= 15 is 0 Å². The third-order valence-corrected chi connectivity index (χ3v) is 4.70. The van der Waals surface area contributed by atoms with Gasteiger partial charge in [0.05, 0.1) is 23.2 Å². The molecule has 1 fully saturated rings. The number of rotatable bonds is 8. The van der Waals surface area contributed by atoms with Gasteiger partial charge in [-0.05, 0) is 37.0 Å². The number of carbonyl (C=O) groups excluding carboxylic acids is 2. The molecule has 10 heteroatoms. The molecule has 1 saturated heterocycles. The molecule has 1 aliphatic heterocycles. The lowest BCUT2D eigenvalue weighted by atomic mass is 9.75. The minimum Gasteiger partial charge on any atom is -0.426 e. The van der Waals surface area contributed by atoms with Crippen LogP contribution >= 0.6 is 11.6 Å². The fourth-order valence-corrected chi connectivity index (χ4v) is 3.24. The molecule has 1 heterocycles. The van der Waals surface area contributed by atoms with Crippen LogP contribution in [0, 0.1) is 11.7 Å². The van der Waals surface area contributed by atoms with Crippen LogP contribution in [0.2, 0.25) is 5.02 Å². The van der Waals surface area contributed by atoms with Crippen molar-refractivity contribution in [3.8, 4) is 0 Å². The highest BCUT2D eigenvalue weighted by molar-refractivity contribution is 6.43. The number of hydrogen-bond donors (Lipinski definition) is 4. The number of hydrogen-bond acceptors (Lipinski definition) is 5. The van der Waals surface area contributed by atoms with Crippen molar-refractivity contribution in [3.05, 3.63) is 29.0 Å². The van der Waals surface area contributed by atoms with Crippen molar-refractivity contribution in [1.29, 1.82) is 0 Å². The summed E-state index contributed by atoms with van der Waals surface area (Å²) >= 11 is 6.04. The zero-order valence-corrected chi connectivity index (χ0v) is 16.0. The van der Waals surface area contributed by atoms with E-state index in [1.54, 1.807) is 4.90 Å². The Balaban J connectivity index is 1.87. The third-order valence-electron chi connectivity index (χ3n) is 4.40. The fourth-order valence-electron chi connectivity index (χ4n) is 2.97. The van der Waals surface area contributed by atoms with Crippen LogP contribution in [0.25, 0.3) is 0 Å². The van der Waals surface area contributed by atoms with E-state index in [2.05, 4.69) is 10.6 Å². The molecule has 0 radical (unpaired) electrons. The number of halogens is 2. The maximum Gasteiger partial charge on any atom is 0.475 e. The molecule has 2 rings (SSSR count). The molecule has 0 aliphatic carbocycles. The molecule has 4 N–H and O–H groups in total. The van der Waals surface area contributed by atoms with E-state index in [9.17, 15) is 24.0 Å². The molecule has 2 atom stereocenters. The summed E-state index contributed by atoms with van der Waals surface area (Å²) in [7, 11) is -1.67. The fraction of sp³-hybridized carbons (Fsp3) is 0.529. The first kappa shape index (κ1) is 21.5. The maximum absolute atomic E-state index is 13.2. The van der Waals surface area contributed by atoms with Crippen LogP contribution in [-0.4, -0.2) is 54.1 Å². The van der Waals surface area contributed by atoms with Gasteiger partial charge in [-0.15, -0.1) is 0 Å². The Morgan fingerprint density at radius 2 is 2.11 bits per heavy atom. The molecule has 1 aromatic rings. The lowest BCUT2D eigenvalue weighted by molar-refractivity contribution is -0.127. The van der Waals surface area contributed by atoms with Gasteiger partial charge < -0.3 is 25.6 Å². The van der Waals surface area contributed by atoms with E-state index in [-0.39, 0.29) is 23.4 Å². The number of amides is 2. The van der Waals surface area contributed by atoms with Gasteiger partial charge in [-0.3, -0.25) is 9.59 Å². The van der Waals surface area contributed by atoms with E-state index in [0.717, 1.165) is 0 Å². The topological polar surface area (TPSA) is 102 Å². The first-order chi connectivity index (χ1) is 12.7. The van der Waals surface area contributed by atoms with E-state index < -0.39 is 30.8 Å². The lowest BCUT2D eigenvalue weighted by Crippen LogP contribution is -2.58. The molecule has 2 amide bonds. The first-order valence-corrected chi connectivity index (χ1v) is 9.21. The maximum atomic E-state index is 13.2. The number of nitrogens with one attached hydrogen (secondary N) is 2. The minimum atomic E-state index is -1.67. The van der Waals surface area contributed by atoms with Crippen molar-refractivity contribution in [1.82, 2.24) is 10.6 Å². The largest absolute Gasteiger partial charge is 0.475 e. The second kappa shape index (κ2) is 9.39. The highest BCUT2D eigenvalue weighted by Crippen LogP contribution is 2.33. The standard InChI is InChI=1S/C17H24BClFN3O4/c1-10(2)7-15(18(26)27)22-16(24)9-21-17(25)14-5-6-23(14)13-4-3-11(20)8-12(13)19/h3-4,8,10,14-15,26-27H,5-7,9H2,1-2H3,(H,21,25)(H,22,24)/t14-,15+/m0/s1. The summed E-state index contributed by atoms with van der Waals surface area (Å²) in [5.41, 5.74) is 0.564. The van der Waals surface area contributed by atoms with Crippen LogP contribution < -0.4 is 15.5 Å². The molecule has 27 heavy (non-hydrogen) atoms. The van der Waals surface area contributed by atoms with Gasteiger partial charge in [0.2, 0.25) is 11.8 Å². The van der Waals surface area contributed by atoms with E-state index in [1.165, 1.54) is 18.2 Å². The zero-order valence-electron chi connectivity index (χ0n) is 15.3. The Kier molecular flexibility index (Phi) is 7.46. The second-order valence-corrected chi connectivity index (χ2v) is 7.44. The predicted octanol–water partition coefficient (Wildman–Crippen LogP) is 0.717. The second-order valence-electron chi connectivity index (χ2n) is 7.03. The highest BCUT2D eigenvalue weighted by Gasteiger charge is 2.35. The van der Waals surface area contributed by atoms with Gasteiger partial charge in [-0.25, -0.2) is 4.39 Å². The summed E-state index contributed by atoms with van der Waals surface area (Å²) in [6.45, 7) is 4.12. The van der Waals surface area contributed by atoms with Crippen LogP contribution in [0.4, 0.5) is 10.1 Å². The van der Waals surface area contributed by atoms with Crippen molar-refractivity contribution in [2.24, 2.45) is 5.92 Å². The van der Waals surface area contributed by atoms with Gasteiger partial charge in [-0.1, -0.05) is 25.4 Å². The van der Waals surface area contributed by atoms with Crippen LogP contribution in [-0.2, 0) is 9.59 Å². The summed E-state index contributed by atoms with van der Waals surface area (Å²) in [6, 6.07) is 3.49. The monoisotopic (exact) mass is 399 g/mol. The van der Waals surface area contributed by atoms with Crippen molar-refractivity contribution in [2.75, 3.05) is 18.0 Å². The Hall–Kier alpha value is -1.84. The quantitative estimate of drug-likeness (QED) is 0.483. The average molecular weight is 400 g/mol. The van der Waals surface area contributed by atoms with Crippen molar-refractivity contribution in [3.63, 3.8) is 0 Å². The van der Waals surface area contributed by atoms with Crippen LogP contribution in [0.3, 0.4) is 0 Å². The Morgan fingerprint density at radius 1 is 1.41 bits per heavy atom. The molecular weight excluding hydrogens is 375 g/mol. The smallest absolute Gasteiger partial charge is 0.426 e. The van der Waals surface area contributed by atoms with Gasteiger partial charge >= 0.3 is 7.12 Å². The van der Waals surface area contributed by atoms with Crippen molar-refractivity contribution in [2.45, 2.75) is 38.7 Å². The summed E-state index contributed by atoms with van der Waals surface area (Å²) in [4.78, 5) is 26.1. The van der Waals surface area contributed by atoms with E-state index in [1.807, 2.05) is 13.8 Å². The summed E-state index contributed by atoms with van der Waals surface area (Å²) in [5, 5.41) is 23.9. The molecular formula is C17H24BClFN3O4. The Bertz CT molecular complexity index is 692. The van der Waals surface area contributed by atoms with Crippen LogP contribution in [0.5, 0.6) is 0 Å². The molecule has 0 saturated carbocycles. The number of carbonyl (C=O) groups is 2. The van der Waals surface area contributed by atoms with Crippen LogP contribution in [0.1, 0.15) is 26.7 Å². The number of nitrogens with zero attached hydrogens (tertiary/aromatic N) is 1. The molecule has 0 bridgehead atoms. The zero-order chi connectivity index (χ0) is 20.1. The lowest BCUT2D eigenvalue weighted by Gasteiger charge is -2.42. The minimum absolute atomic E-state index is 0.163. The molecule has 1 aromatic carbocycles. The Morgan fingerprint density at radius 3 is 2.63 bits per heavy atom. The van der Waals surface area contributed by atoms with Gasteiger partial charge in [0, 0.05) is 6.54 Å². The van der Waals surface area contributed by atoms with Gasteiger partial charge in [-0.2, -0.15) is 0 Å². The molecule has 148 valence electrons. The van der Waals surface area contributed by atoms with E-state index in [0.29, 0.717) is 25.1 Å². The summed E-state index contributed by atoms with van der Waals surface area (Å²) < 4.78 is 13.2. The van der Waals surface area contributed by atoms with Crippen molar-refractivity contribution < 1.29 is 24.0 Å². The summed E-state index contributed by atoms with van der Waals surface area (Å²) in [5.74, 6) is -1.94. The Labute approximate surface area is 163 Å². The SMILES string of the molecule is CC(C)C[C@@H](NC(=O)CNC(=O)[C@@H]1CCN1c1ccc(F)cc1Cl)B(O)O. The molecule has 0 unspecified atom stereocenters. The molecule has 7 nitrogen and oxygen atoms in total. The third kappa shape index (κ3) is 5.82. The average Bonchev–Trinajstić information content (AvgIpc) is 2.53. The normalized spacial score (nSPS) is 17.3. The van der Waals surface area contributed by atoms with E-state index in [4.69, 9.17) is 11.6 Å². The number of benzene rings is 1. The predicted molar refractivity (Wildman–Crippen MR) is 102 cm³/mol. The van der Waals surface area contributed by atoms with Gasteiger partial charge in [0.1, 0.15) is 11.9 Å². The van der Waals surface area contributed by atoms with Crippen molar-refractivity contribution >= 4 is 36.2 Å².